The molecule has 1 amide bonds. The van der Waals surface area contributed by atoms with Gasteiger partial charge in [-0.05, 0) is 54.1 Å². The number of ether oxygens (including phenoxy) is 2. The van der Waals surface area contributed by atoms with Crippen molar-refractivity contribution in [1.82, 2.24) is 0 Å². The zero-order valence-corrected chi connectivity index (χ0v) is 16.1. The van der Waals surface area contributed by atoms with Gasteiger partial charge in [0.15, 0.2) is 11.5 Å². The van der Waals surface area contributed by atoms with Crippen molar-refractivity contribution in [3.8, 4) is 11.5 Å². The third-order valence-corrected chi connectivity index (χ3v) is 5.27. The topological polar surface area (TPSA) is 50.8 Å². The Kier molecular flexibility index (Phi) is 3.98. The van der Waals surface area contributed by atoms with Crippen molar-refractivity contribution in [2.75, 3.05) is 17.0 Å². The Morgan fingerprint density at radius 1 is 1.04 bits per heavy atom. The second-order valence-electron chi connectivity index (χ2n) is 6.50. The lowest BCUT2D eigenvalue weighted by Crippen LogP contribution is -2.43. The third kappa shape index (κ3) is 2.79. The Morgan fingerprint density at radius 2 is 1.89 bits per heavy atom. The molecule has 2 aliphatic rings. The number of carbonyl (C=O) groups is 1. The molecule has 1 atom stereocenters. The molecule has 2 heterocycles. The molecule has 5 rings (SSSR count). The largest absolute Gasteiger partial charge is 0.454 e. The van der Waals surface area contributed by atoms with E-state index in [0.717, 1.165) is 10.0 Å². The first kappa shape index (κ1) is 17.1. The summed E-state index contributed by atoms with van der Waals surface area (Å²) < 4.78 is 25.6. The summed E-state index contributed by atoms with van der Waals surface area (Å²) in [6.07, 6.45) is -0.530. The zero-order valence-electron chi connectivity index (χ0n) is 14.5. The maximum atomic E-state index is 13.9. The Hall–Kier alpha value is -3.06. The van der Waals surface area contributed by atoms with Crippen molar-refractivity contribution < 1.29 is 18.7 Å². The summed E-state index contributed by atoms with van der Waals surface area (Å²) in [7, 11) is 0. The van der Waals surface area contributed by atoms with E-state index < -0.39 is 12.0 Å². The Bertz CT molecular complexity index is 1100. The highest BCUT2D eigenvalue weighted by atomic mass is 79.9. The van der Waals surface area contributed by atoms with Crippen molar-refractivity contribution in [2.45, 2.75) is 6.17 Å². The first-order valence-electron chi connectivity index (χ1n) is 8.65. The van der Waals surface area contributed by atoms with Crippen LogP contribution >= 0.6 is 15.9 Å². The Balaban J connectivity index is 1.66. The summed E-state index contributed by atoms with van der Waals surface area (Å²) >= 11 is 3.41. The second kappa shape index (κ2) is 6.53. The van der Waals surface area contributed by atoms with E-state index in [0.29, 0.717) is 28.4 Å². The number of carbonyl (C=O) groups excluding carboxylic acids is 1. The van der Waals surface area contributed by atoms with E-state index in [-0.39, 0.29) is 12.7 Å². The van der Waals surface area contributed by atoms with Gasteiger partial charge in [-0.1, -0.05) is 28.1 Å². The van der Waals surface area contributed by atoms with E-state index in [1.807, 2.05) is 30.3 Å². The molecule has 0 aliphatic carbocycles. The van der Waals surface area contributed by atoms with Gasteiger partial charge in [0, 0.05) is 15.8 Å². The molecule has 3 aromatic carbocycles. The van der Waals surface area contributed by atoms with Gasteiger partial charge in [-0.2, -0.15) is 0 Å². The molecule has 0 spiro atoms. The molecular weight excluding hydrogens is 427 g/mol. The van der Waals surface area contributed by atoms with E-state index in [9.17, 15) is 9.18 Å². The number of anilines is 2. The van der Waals surface area contributed by atoms with Gasteiger partial charge in [0.25, 0.3) is 5.91 Å². The fraction of sp³-hybridized carbons (Fsp3) is 0.0952. The van der Waals surface area contributed by atoms with Crippen LogP contribution in [0.25, 0.3) is 0 Å². The van der Waals surface area contributed by atoms with E-state index in [2.05, 4.69) is 21.2 Å². The van der Waals surface area contributed by atoms with Crippen molar-refractivity contribution in [2.24, 2.45) is 0 Å². The highest BCUT2D eigenvalue weighted by Crippen LogP contribution is 2.41. The minimum absolute atomic E-state index is 0.167. The van der Waals surface area contributed by atoms with Crippen LogP contribution in [0.3, 0.4) is 0 Å². The van der Waals surface area contributed by atoms with Crippen LogP contribution in [-0.4, -0.2) is 12.7 Å². The molecule has 0 bridgehead atoms. The van der Waals surface area contributed by atoms with Gasteiger partial charge in [0.2, 0.25) is 6.79 Å². The Labute approximate surface area is 168 Å². The molecule has 0 fully saturated rings. The summed E-state index contributed by atoms with van der Waals surface area (Å²) in [5.74, 6) is 0.651. The van der Waals surface area contributed by atoms with Gasteiger partial charge in [-0.3, -0.25) is 9.69 Å². The van der Waals surface area contributed by atoms with Crippen LogP contribution in [0.2, 0.25) is 0 Å². The van der Waals surface area contributed by atoms with Crippen LogP contribution in [0.4, 0.5) is 15.8 Å². The third-order valence-electron chi connectivity index (χ3n) is 4.78. The van der Waals surface area contributed by atoms with E-state index in [4.69, 9.17) is 9.47 Å². The number of hydrogen-bond donors (Lipinski definition) is 1. The number of fused-ring (bicyclic) bond motifs is 2. The predicted octanol–water partition coefficient (Wildman–Crippen LogP) is 5.09. The number of rotatable bonds is 2. The van der Waals surface area contributed by atoms with Crippen LogP contribution in [0.15, 0.2) is 65.1 Å². The average molecular weight is 441 g/mol. The lowest BCUT2D eigenvalue weighted by Gasteiger charge is -2.38. The molecule has 0 radical (unpaired) electrons. The maximum Gasteiger partial charge on any atom is 0.262 e. The molecule has 3 aromatic rings. The van der Waals surface area contributed by atoms with Crippen molar-refractivity contribution in [1.29, 1.82) is 0 Å². The van der Waals surface area contributed by atoms with Crippen LogP contribution < -0.4 is 19.7 Å². The summed E-state index contributed by atoms with van der Waals surface area (Å²) in [5.41, 5.74) is 2.49. The molecular formula is C21H14BrFN2O3. The SMILES string of the molecule is O=C1c2cc(Br)ccc2N[C@H](c2ccc3c(c2)OCO3)N1c1cccc(F)c1. The average Bonchev–Trinajstić information content (AvgIpc) is 3.16. The lowest BCUT2D eigenvalue weighted by atomic mass is 10.0. The standard InChI is InChI=1S/C21H14BrFN2O3/c22-13-5-6-17-16(9-13)21(26)25(15-3-1-2-14(23)10-15)20(24-17)12-4-7-18-19(8-12)28-11-27-18/h1-10,20,24H,11H2/t20-/m0/s1. The highest BCUT2D eigenvalue weighted by Gasteiger charge is 2.35. The van der Waals surface area contributed by atoms with Gasteiger partial charge >= 0.3 is 0 Å². The molecule has 1 N–H and O–H groups in total. The molecule has 0 unspecified atom stereocenters. The van der Waals surface area contributed by atoms with Crippen molar-refractivity contribution in [3.05, 3.63) is 82.1 Å². The van der Waals surface area contributed by atoms with Crippen LogP contribution in [0.5, 0.6) is 11.5 Å². The maximum absolute atomic E-state index is 13.9. The Morgan fingerprint density at radius 3 is 2.75 bits per heavy atom. The minimum atomic E-state index is -0.530. The molecule has 140 valence electrons. The van der Waals surface area contributed by atoms with Crippen molar-refractivity contribution >= 4 is 33.2 Å². The molecule has 2 aliphatic heterocycles. The number of halogens is 2. The number of hydrogen-bond acceptors (Lipinski definition) is 4. The van der Waals surface area contributed by atoms with Gasteiger partial charge in [-0.15, -0.1) is 0 Å². The number of nitrogens with one attached hydrogen (secondary N) is 1. The number of benzene rings is 3. The summed E-state index contributed by atoms with van der Waals surface area (Å²) in [6, 6.07) is 17.0. The predicted molar refractivity (Wildman–Crippen MR) is 106 cm³/mol. The van der Waals surface area contributed by atoms with Gasteiger partial charge in [0.1, 0.15) is 12.0 Å². The van der Waals surface area contributed by atoms with Crippen LogP contribution in [-0.2, 0) is 0 Å². The number of nitrogens with zero attached hydrogens (tertiary/aromatic N) is 1. The normalized spacial score (nSPS) is 17.3. The second-order valence-corrected chi connectivity index (χ2v) is 7.42. The van der Waals surface area contributed by atoms with E-state index >= 15 is 0 Å². The first-order valence-corrected chi connectivity index (χ1v) is 9.44. The molecule has 0 aromatic heterocycles. The van der Waals surface area contributed by atoms with Crippen molar-refractivity contribution in [3.63, 3.8) is 0 Å². The zero-order chi connectivity index (χ0) is 19.3. The molecule has 0 saturated carbocycles. The quantitative estimate of drug-likeness (QED) is 0.602. The lowest BCUT2D eigenvalue weighted by molar-refractivity contribution is 0.0974. The fourth-order valence-electron chi connectivity index (χ4n) is 3.49. The van der Waals surface area contributed by atoms with Gasteiger partial charge in [0.05, 0.1) is 5.56 Å². The monoisotopic (exact) mass is 440 g/mol. The minimum Gasteiger partial charge on any atom is -0.454 e. The summed E-state index contributed by atoms with van der Waals surface area (Å²) in [6.45, 7) is 0.167. The highest BCUT2D eigenvalue weighted by molar-refractivity contribution is 9.10. The number of amides is 1. The first-order chi connectivity index (χ1) is 13.6. The summed E-state index contributed by atoms with van der Waals surface area (Å²) in [5, 5.41) is 3.40. The summed E-state index contributed by atoms with van der Waals surface area (Å²) in [4.78, 5) is 14.9. The smallest absolute Gasteiger partial charge is 0.262 e. The van der Waals surface area contributed by atoms with Crippen LogP contribution in [0.1, 0.15) is 22.1 Å². The molecule has 0 saturated heterocycles. The molecule has 5 nitrogen and oxygen atoms in total. The van der Waals surface area contributed by atoms with Gasteiger partial charge < -0.3 is 14.8 Å². The molecule has 7 heteroatoms. The fourth-order valence-corrected chi connectivity index (χ4v) is 3.85. The van der Waals surface area contributed by atoms with Crippen LogP contribution in [0, 0.1) is 5.82 Å². The van der Waals surface area contributed by atoms with Gasteiger partial charge in [-0.25, -0.2) is 4.39 Å². The van der Waals surface area contributed by atoms with E-state index in [1.165, 1.54) is 12.1 Å². The molecule has 28 heavy (non-hydrogen) atoms. The van der Waals surface area contributed by atoms with E-state index in [1.54, 1.807) is 23.1 Å².